The Morgan fingerprint density at radius 3 is 2.68 bits per heavy atom. The maximum Gasteiger partial charge on any atom is 0.123 e. The van der Waals surface area contributed by atoms with E-state index in [0.29, 0.717) is 19.0 Å². The summed E-state index contributed by atoms with van der Waals surface area (Å²) in [5, 5.41) is 21.3. The topological polar surface area (TPSA) is 61.7 Å². The van der Waals surface area contributed by atoms with Crippen LogP contribution in [0.25, 0.3) is 0 Å². The maximum atomic E-state index is 9.77. The molecule has 19 heavy (non-hydrogen) atoms. The molecule has 0 aliphatic carbocycles. The van der Waals surface area contributed by atoms with Crippen molar-refractivity contribution >= 4 is 0 Å². The number of benzene rings is 1. The molecule has 0 unspecified atom stereocenters. The van der Waals surface area contributed by atoms with Crippen LogP contribution in [-0.2, 0) is 0 Å². The van der Waals surface area contributed by atoms with Crippen LogP contribution in [0, 0.1) is 6.92 Å². The number of nitrogens with one attached hydrogen (secondary N) is 1. The number of aryl methyl sites for hydroxylation is 1. The fourth-order valence-corrected chi connectivity index (χ4v) is 1.84. The quantitative estimate of drug-likeness (QED) is 0.624. The minimum atomic E-state index is -0.577. The zero-order valence-electron chi connectivity index (χ0n) is 12.0. The highest BCUT2D eigenvalue weighted by molar-refractivity contribution is 5.39. The Hall–Kier alpha value is -1.10. The van der Waals surface area contributed by atoms with Gasteiger partial charge in [-0.1, -0.05) is 26.0 Å². The van der Waals surface area contributed by atoms with Gasteiger partial charge >= 0.3 is 0 Å². The summed E-state index contributed by atoms with van der Waals surface area (Å²) >= 11 is 0. The number of ether oxygens (including phenoxy) is 1. The maximum absolute atomic E-state index is 9.77. The van der Waals surface area contributed by atoms with Crippen LogP contribution in [0.1, 0.15) is 30.9 Å². The number of hydrogen-bond donors (Lipinski definition) is 3. The summed E-state index contributed by atoms with van der Waals surface area (Å²) in [4.78, 5) is 0. The molecule has 1 atom stereocenters. The van der Waals surface area contributed by atoms with Crippen molar-refractivity contribution in [2.45, 2.75) is 32.8 Å². The minimum Gasteiger partial charge on any atom is -0.491 e. The Balaban J connectivity index is 2.54. The average Bonchev–Trinajstić information content (AvgIpc) is 2.36. The monoisotopic (exact) mass is 267 g/mol. The number of aliphatic hydroxyl groups excluding tert-OH is 2. The first-order valence-electron chi connectivity index (χ1n) is 6.77. The molecular formula is C15H25NO3. The van der Waals surface area contributed by atoms with E-state index in [0.717, 1.165) is 16.9 Å². The van der Waals surface area contributed by atoms with E-state index in [1.165, 1.54) is 0 Å². The molecule has 108 valence electrons. The number of hydrogen-bond acceptors (Lipinski definition) is 4. The Labute approximate surface area is 115 Å². The Morgan fingerprint density at radius 2 is 2.05 bits per heavy atom. The molecule has 0 aliphatic rings. The summed E-state index contributed by atoms with van der Waals surface area (Å²) in [5.74, 6) is 1.23. The van der Waals surface area contributed by atoms with Crippen molar-refractivity contribution in [1.82, 2.24) is 5.32 Å². The molecule has 0 saturated carbocycles. The normalized spacial score (nSPS) is 12.7. The molecule has 1 aromatic rings. The van der Waals surface area contributed by atoms with Crippen LogP contribution in [0.2, 0.25) is 0 Å². The fraction of sp³-hybridized carbons (Fsp3) is 0.600. The third kappa shape index (κ3) is 5.59. The molecule has 0 saturated heterocycles. The van der Waals surface area contributed by atoms with Gasteiger partial charge in [-0.25, -0.2) is 0 Å². The summed E-state index contributed by atoms with van der Waals surface area (Å²) in [5.41, 5.74) is 2.30. The lowest BCUT2D eigenvalue weighted by atomic mass is 10.0. The van der Waals surface area contributed by atoms with Crippen molar-refractivity contribution in [3.8, 4) is 5.75 Å². The predicted molar refractivity (Wildman–Crippen MR) is 76.7 cm³/mol. The van der Waals surface area contributed by atoms with Gasteiger partial charge in [-0.2, -0.15) is 0 Å². The highest BCUT2D eigenvalue weighted by Gasteiger charge is 2.10. The standard InChI is InChI=1S/C15H25NO3/c1-11(2)14-5-4-12(3)8-15(14)19-10-13(18)9-16-6-7-17/h4-5,8,11,13,16-18H,6-7,9-10H2,1-3H3/t13-/m0/s1. The molecule has 0 heterocycles. The first-order valence-corrected chi connectivity index (χ1v) is 6.77. The molecule has 0 spiro atoms. The van der Waals surface area contributed by atoms with Crippen molar-refractivity contribution in [1.29, 1.82) is 0 Å². The molecule has 1 rings (SSSR count). The summed E-state index contributed by atoms with van der Waals surface area (Å²) < 4.78 is 5.72. The van der Waals surface area contributed by atoms with E-state index in [2.05, 4.69) is 31.3 Å². The van der Waals surface area contributed by atoms with Gasteiger partial charge in [0.1, 0.15) is 18.5 Å². The number of aliphatic hydroxyl groups is 2. The highest BCUT2D eigenvalue weighted by atomic mass is 16.5. The summed E-state index contributed by atoms with van der Waals surface area (Å²) in [6.45, 7) is 7.50. The molecule has 0 fully saturated rings. The van der Waals surface area contributed by atoms with Gasteiger partial charge in [0.15, 0.2) is 0 Å². The second-order valence-electron chi connectivity index (χ2n) is 5.09. The molecule has 4 heteroatoms. The molecule has 0 radical (unpaired) electrons. The van der Waals surface area contributed by atoms with E-state index in [4.69, 9.17) is 9.84 Å². The van der Waals surface area contributed by atoms with Crippen molar-refractivity contribution in [3.63, 3.8) is 0 Å². The van der Waals surface area contributed by atoms with Crippen LogP contribution in [0.15, 0.2) is 18.2 Å². The van der Waals surface area contributed by atoms with Gasteiger partial charge in [0, 0.05) is 13.1 Å². The molecule has 0 aliphatic heterocycles. The largest absolute Gasteiger partial charge is 0.491 e. The Bertz CT molecular complexity index is 380. The van der Waals surface area contributed by atoms with Crippen LogP contribution in [0.3, 0.4) is 0 Å². The summed E-state index contributed by atoms with van der Waals surface area (Å²) in [6, 6.07) is 6.15. The molecule has 0 amide bonds. The van der Waals surface area contributed by atoms with E-state index < -0.39 is 6.10 Å². The van der Waals surface area contributed by atoms with Crippen molar-refractivity contribution in [2.24, 2.45) is 0 Å². The van der Waals surface area contributed by atoms with Gasteiger partial charge in [-0.05, 0) is 30.0 Å². The van der Waals surface area contributed by atoms with Crippen LogP contribution < -0.4 is 10.1 Å². The van der Waals surface area contributed by atoms with Crippen molar-refractivity contribution in [3.05, 3.63) is 29.3 Å². The van der Waals surface area contributed by atoms with Gasteiger partial charge < -0.3 is 20.3 Å². The van der Waals surface area contributed by atoms with Gasteiger partial charge in [0.25, 0.3) is 0 Å². The lowest BCUT2D eigenvalue weighted by molar-refractivity contribution is 0.104. The second kappa shape index (κ2) is 8.15. The predicted octanol–water partition coefficient (Wildman–Crippen LogP) is 1.44. The smallest absolute Gasteiger partial charge is 0.123 e. The lowest BCUT2D eigenvalue weighted by Gasteiger charge is -2.17. The number of rotatable bonds is 8. The van der Waals surface area contributed by atoms with E-state index >= 15 is 0 Å². The Morgan fingerprint density at radius 1 is 1.32 bits per heavy atom. The van der Waals surface area contributed by atoms with Crippen molar-refractivity contribution in [2.75, 3.05) is 26.3 Å². The molecular weight excluding hydrogens is 242 g/mol. The zero-order chi connectivity index (χ0) is 14.3. The lowest BCUT2D eigenvalue weighted by Crippen LogP contribution is -2.33. The van der Waals surface area contributed by atoms with Gasteiger partial charge in [0.05, 0.1) is 6.61 Å². The summed E-state index contributed by atoms with van der Waals surface area (Å²) in [6.07, 6.45) is -0.577. The van der Waals surface area contributed by atoms with E-state index in [1.807, 2.05) is 13.0 Å². The van der Waals surface area contributed by atoms with E-state index in [9.17, 15) is 5.11 Å². The van der Waals surface area contributed by atoms with Crippen molar-refractivity contribution < 1.29 is 14.9 Å². The third-order valence-corrected chi connectivity index (χ3v) is 2.89. The van der Waals surface area contributed by atoms with E-state index in [-0.39, 0.29) is 13.2 Å². The fourth-order valence-electron chi connectivity index (χ4n) is 1.84. The minimum absolute atomic E-state index is 0.0724. The van der Waals surface area contributed by atoms with Crippen LogP contribution in [-0.4, -0.2) is 42.6 Å². The van der Waals surface area contributed by atoms with Crippen LogP contribution >= 0.6 is 0 Å². The molecule has 4 nitrogen and oxygen atoms in total. The average molecular weight is 267 g/mol. The molecule has 0 aromatic heterocycles. The van der Waals surface area contributed by atoms with Crippen LogP contribution in [0.5, 0.6) is 5.75 Å². The van der Waals surface area contributed by atoms with Gasteiger partial charge in [0.2, 0.25) is 0 Å². The van der Waals surface area contributed by atoms with Gasteiger partial charge in [-0.15, -0.1) is 0 Å². The van der Waals surface area contributed by atoms with Crippen LogP contribution in [0.4, 0.5) is 0 Å². The molecule has 1 aromatic carbocycles. The third-order valence-electron chi connectivity index (χ3n) is 2.89. The first-order chi connectivity index (χ1) is 9.04. The van der Waals surface area contributed by atoms with E-state index in [1.54, 1.807) is 0 Å². The Kier molecular flexibility index (Phi) is 6.84. The zero-order valence-corrected chi connectivity index (χ0v) is 12.0. The summed E-state index contributed by atoms with van der Waals surface area (Å²) in [7, 11) is 0. The molecule has 0 bridgehead atoms. The highest BCUT2D eigenvalue weighted by Crippen LogP contribution is 2.27. The first kappa shape index (κ1) is 16.0. The second-order valence-corrected chi connectivity index (χ2v) is 5.09. The molecule has 3 N–H and O–H groups in total. The van der Waals surface area contributed by atoms with Gasteiger partial charge in [-0.3, -0.25) is 0 Å². The SMILES string of the molecule is Cc1ccc(C(C)C)c(OC[C@@H](O)CNCCO)c1.